The van der Waals surface area contributed by atoms with Crippen LogP contribution < -0.4 is 4.74 Å². The number of nitrogens with zero attached hydrogens (tertiary/aromatic N) is 1. The summed E-state index contributed by atoms with van der Waals surface area (Å²) in [6.45, 7) is 4.47. The van der Waals surface area contributed by atoms with E-state index in [0.29, 0.717) is 24.5 Å². The van der Waals surface area contributed by atoms with E-state index in [-0.39, 0.29) is 11.7 Å². The van der Waals surface area contributed by atoms with Gasteiger partial charge in [0.15, 0.2) is 5.76 Å². The molecule has 0 spiro atoms. The van der Waals surface area contributed by atoms with E-state index in [4.69, 9.17) is 9.15 Å². The van der Waals surface area contributed by atoms with E-state index in [1.807, 2.05) is 24.3 Å². The number of ether oxygens (including phenoxy) is 1. The van der Waals surface area contributed by atoms with Crippen LogP contribution in [0.3, 0.4) is 0 Å². The van der Waals surface area contributed by atoms with Crippen LogP contribution in [-0.2, 0) is 6.54 Å². The molecule has 3 rings (SSSR count). The van der Waals surface area contributed by atoms with E-state index in [2.05, 4.69) is 6.58 Å². The van der Waals surface area contributed by atoms with Gasteiger partial charge < -0.3 is 14.1 Å². The normalized spacial score (nSPS) is 10.4. The molecule has 0 atom stereocenters. The van der Waals surface area contributed by atoms with Gasteiger partial charge in [-0.1, -0.05) is 36.9 Å². The highest BCUT2D eigenvalue weighted by Crippen LogP contribution is 2.25. The van der Waals surface area contributed by atoms with E-state index >= 15 is 0 Å². The van der Waals surface area contributed by atoms with Gasteiger partial charge in [0.2, 0.25) is 0 Å². The van der Waals surface area contributed by atoms with Gasteiger partial charge in [-0.05, 0) is 42.0 Å². The quantitative estimate of drug-likeness (QED) is 0.558. The van der Waals surface area contributed by atoms with Crippen LogP contribution >= 0.6 is 0 Å². The number of rotatable bonds is 7. The Kier molecular flexibility index (Phi) is 5.71. The number of carbonyl (C=O) groups excluding carboxylic acids is 1. The van der Waals surface area contributed by atoms with Gasteiger partial charge in [-0.3, -0.25) is 4.79 Å². The molecule has 0 aliphatic carbocycles. The second-order valence-corrected chi connectivity index (χ2v) is 6.05. The van der Waals surface area contributed by atoms with Crippen LogP contribution in [0.15, 0.2) is 77.7 Å². The van der Waals surface area contributed by atoms with Crippen LogP contribution in [0.25, 0.3) is 11.3 Å². The zero-order valence-electron chi connectivity index (χ0n) is 15.0. The first-order chi connectivity index (χ1) is 13.1. The van der Waals surface area contributed by atoms with Crippen molar-refractivity contribution < 1.29 is 18.3 Å². The summed E-state index contributed by atoms with van der Waals surface area (Å²) >= 11 is 0. The fraction of sp³-hybridized carbons (Fsp3) is 0.136. The number of halogens is 1. The predicted octanol–water partition coefficient (Wildman–Crippen LogP) is 4.92. The number of amides is 1. The lowest BCUT2D eigenvalue weighted by Crippen LogP contribution is -2.25. The van der Waals surface area contributed by atoms with E-state index < -0.39 is 5.82 Å². The second-order valence-electron chi connectivity index (χ2n) is 6.05. The molecule has 5 heteroatoms. The van der Waals surface area contributed by atoms with Crippen LogP contribution in [0.1, 0.15) is 16.1 Å². The average Bonchev–Trinajstić information content (AvgIpc) is 3.17. The highest BCUT2D eigenvalue weighted by atomic mass is 19.1. The van der Waals surface area contributed by atoms with E-state index in [1.54, 1.807) is 48.4 Å². The minimum Gasteiger partial charge on any atom is -0.490 e. The fourth-order valence-corrected chi connectivity index (χ4v) is 2.64. The number of carbonyl (C=O) groups is 1. The Labute approximate surface area is 157 Å². The third-order valence-corrected chi connectivity index (χ3v) is 4.01. The van der Waals surface area contributed by atoms with Crippen LogP contribution in [-0.4, -0.2) is 24.5 Å². The minimum absolute atomic E-state index is 0.168. The minimum atomic E-state index is -0.391. The molecule has 1 amide bonds. The third-order valence-electron chi connectivity index (χ3n) is 4.01. The standard InChI is InChI=1S/C22H20FNO3/c1-3-14-26-17-10-8-16(9-11-17)15-24(2)22(25)21-13-12-20(27-21)18-6-4-5-7-19(18)23/h3-13H,1,14-15H2,2H3. The summed E-state index contributed by atoms with van der Waals surface area (Å²) in [5.74, 6) is 0.575. The topological polar surface area (TPSA) is 42.7 Å². The Hall–Kier alpha value is -3.34. The number of hydrogen-bond acceptors (Lipinski definition) is 3. The fourth-order valence-electron chi connectivity index (χ4n) is 2.64. The Morgan fingerprint density at radius 2 is 1.89 bits per heavy atom. The Bertz CT molecular complexity index is 931. The van der Waals surface area contributed by atoms with Crippen LogP contribution in [0.2, 0.25) is 0 Å². The molecule has 1 aromatic heterocycles. The molecular formula is C22H20FNO3. The Morgan fingerprint density at radius 1 is 1.15 bits per heavy atom. The highest BCUT2D eigenvalue weighted by Gasteiger charge is 2.18. The van der Waals surface area contributed by atoms with Crippen LogP contribution in [0, 0.1) is 5.82 Å². The van der Waals surface area contributed by atoms with Gasteiger partial charge in [0.05, 0.1) is 5.56 Å². The lowest BCUT2D eigenvalue weighted by molar-refractivity contribution is 0.0754. The Balaban J connectivity index is 1.67. The maximum absolute atomic E-state index is 13.9. The number of benzene rings is 2. The molecule has 0 radical (unpaired) electrons. The monoisotopic (exact) mass is 365 g/mol. The van der Waals surface area contributed by atoms with E-state index in [1.165, 1.54) is 6.07 Å². The van der Waals surface area contributed by atoms with Gasteiger partial charge in [-0.25, -0.2) is 4.39 Å². The lowest BCUT2D eigenvalue weighted by Gasteiger charge is -2.16. The van der Waals surface area contributed by atoms with Gasteiger partial charge >= 0.3 is 0 Å². The molecule has 0 unspecified atom stereocenters. The van der Waals surface area contributed by atoms with Gasteiger partial charge in [0.1, 0.15) is 23.9 Å². The van der Waals surface area contributed by atoms with E-state index in [9.17, 15) is 9.18 Å². The van der Waals surface area contributed by atoms with Crippen molar-refractivity contribution in [1.29, 1.82) is 0 Å². The van der Waals surface area contributed by atoms with Crippen molar-refractivity contribution >= 4 is 5.91 Å². The summed E-state index contributed by atoms with van der Waals surface area (Å²) in [6.07, 6.45) is 1.68. The van der Waals surface area contributed by atoms with Crippen molar-refractivity contribution in [3.63, 3.8) is 0 Å². The van der Waals surface area contributed by atoms with Crippen molar-refractivity contribution in [1.82, 2.24) is 4.90 Å². The summed E-state index contributed by atoms with van der Waals surface area (Å²) in [4.78, 5) is 14.1. The van der Waals surface area contributed by atoms with Gasteiger partial charge in [0.25, 0.3) is 5.91 Å². The molecule has 138 valence electrons. The van der Waals surface area contributed by atoms with Crippen molar-refractivity contribution in [2.24, 2.45) is 0 Å². The second kappa shape index (κ2) is 8.36. The zero-order chi connectivity index (χ0) is 19.2. The smallest absolute Gasteiger partial charge is 0.289 e. The predicted molar refractivity (Wildman–Crippen MR) is 102 cm³/mol. The number of hydrogen-bond donors (Lipinski definition) is 0. The summed E-state index contributed by atoms with van der Waals surface area (Å²) in [7, 11) is 1.69. The molecule has 0 aliphatic rings. The molecule has 0 bridgehead atoms. The summed E-state index contributed by atoms with van der Waals surface area (Å²) in [5.41, 5.74) is 1.28. The highest BCUT2D eigenvalue weighted by molar-refractivity contribution is 5.91. The maximum Gasteiger partial charge on any atom is 0.289 e. The molecule has 4 nitrogen and oxygen atoms in total. The van der Waals surface area contributed by atoms with Crippen molar-refractivity contribution in [3.05, 3.63) is 90.5 Å². The summed E-state index contributed by atoms with van der Waals surface area (Å²) < 4.78 is 24.9. The van der Waals surface area contributed by atoms with Gasteiger partial charge in [-0.15, -0.1) is 0 Å². The first kappa shape index (κ1) is 18.5. The largest absolute Gasteiger partial charge is 0.490 e. The van der Waals surface area contributed by atoms with E-state index in [0.717, 1.165) is 11.3 Å². The summed E-state index contributed by atoms with van der Waals surface area (Å²) in [5, 5.41) is 0. The molecule has 0 aliphatic heterocycles. The first-order valence-electron chi connectivity index (χ1n) is 8.51. The molecule has 2 aromatic carbocycles. The van der Waals surface area contributed by atoms with Crippen molar-refractivity contribution in [2.75, 3.05) is 13.7 Å². The molecule has 0 saturated heterocycles. The van der Waals surface area contributed by atoms with Gasteiger partial charge in [0, 0.05) is 13.6 Å². The Morgan fingerprint density at radius 3 is 2.59 bits per heavy atom. The number of furan rings is 1. The first-order valence-corrected chi connectivity index (χ1v) is 8.51. The van der Waals surface area contributed by atoms with Crippen molar-refractivity contribution in [2.45, 2.75) is 6.54 Å². The van der Waals surface area contributed by atoms with Crippen molar-refractivity contribution in [3.8, 4) is 17.1 Å². The van der Waals surface area contributed by atoms with Gasteiger partial charge in [-0.2, -0.15) is 0 Å². The molecule has 0 fully saturated rings. The molecular weight excluding hydrogens is 345 g/mol. The molecule has 0 N–H and O–H groups in total. The molecule has 3 aromatic rings. The lowest BCUT2D eigenvalue weighted by atomic mass is 10.1. The molecule has 0 saturated carbocycles. The zero-order valence-corrected chi connectivity index (χ0v) is 15.0. The van der Waals surface area contributed by atoms with Crippen LogP contribution in [0.4, 0.5) is 4.39 Å². The SMILES string of the molecule is C=CCOc1ccc(CN(C)C(=O)c2ccc(-c3ccccc3F)o2)cc1. The average molecular weight is 365 g/mol. The molecule has 27 heavy (non-hydrogen) atoms. The van der Waals surface area contributed by atoms with Crippen LogP contribution in [0.5, 0.6) is 5.75 Å². The molecule has 1 heterocycles. The summed E-state index contributed by atoms with van der Waals surface area (Å²) in [6, 6.07) is 16.9. The third kappa shape index (κ3) is 4.44. The maximum atomic E-state index is 13.9.